The second-order valence-electron chi connectivity index (χ2n) is 5.15. The van der Waals surface area contributed by atoms with E-state index >= 15 is 0 Å². The number of nitrogens with one attached hydrogen (secondary N) is 1. The fourth-order valence-corrected chi connectivity index (χ4v) is 3.38. The molecular formula is C16H23N3S. The molecule has 3 nitrogen and oxygen atoms in total. The number of nitrogens with zero attached hydrogens (tertiary/aromatic N) is 2. The third kappa shape index (κ3) is 3.47. The summed E-state index contributed by atoms with van der Waals surface area (Å²) in [6, 6.07) is 9.09. The average molecular weight is 289 g/mol. The van der Waals surface area contributed by atoms with Gasteiger partial charge in [0.1, 0.15) is 6.07 Å². The van der Waals surface area contributed by atoms with Crippen LogP contribution in [0.2, 0.25) is 0 Å². The van der Waals surface area contributed by atoms with Crippen LogP contribution in [0.25, 0.3) is 0 Å². The van der Waals surface area contributed by atoms with Crippen LogP contribution in [0.1, 0.15) is 31.7 Å². The molecule has 1 aliphatic heterocycles. The summed E-state index contributed by atoms with van der Waals surface area (Å²) in [4.78, 5) is 3.40. The van der Waals surface area contributed by atoms with Crippen LogP contribution in [0, 0.1) is 11.3 Å². The quantitative estimate of drug-likeness (QED) is 0.845. The molecule has 0 saturated carbocycles. The standard InChI is InChI=1S/C16H23N3S/c1-3-19(12-13-7-4-5-10-18-13)15-8-6-9-16(20-2)14(15)11-17/h6,8-9,13,18H,3-5,7,10,12H2,1-2H3. The van der Waals surface area contributed by atoms with E-state index in [1.54, 1.807) is 11.8 Å². The van der Waals surface area contributed by atoms with Gasteiger partial charge < -0.3 is 10.2 Å². The molecule has 4 heteroatoms. The van der Waals surface area contributed by atoms with Crippen LogP contribution >= 0.6 is 11.8 Å². The molecule has 1 atom stereocenters. The summed E-state index contributed by atoms with van der Waals surface area (Å²) < 4.78 is 0. The largest absolute Gasteiger partial charge is 0.369 e. The highest BCUT2D eigenvalue weighted by molar-refractivity contribution is 7.98. The minimum atomic E-state index is 0.549. The maximum atomic E-state index is 9.48. The van der Waals surface area contributed by atoms with Gasteiger partial charge in [-0.05, 0) is 44.7 Å². The molecule has 1 N–H and O–H groups in total. The van der Waals surface area contributed by atoms with Gasteiger partial charge in [-0.25, -0.2) is 0 Å². The summed E-state index contributed by atoms with van der Waals surface area (Å²) in [5, 5.41) is 13.1. The number of anilines is 1. The highest BCUT2D eigenvalue weighted by Crippen LogP contribution is 2.29. The molecule has 0 radical (unpaired) electrons. The predicted molar refractivity (Wildman–Crippen MR) is 86.5 cm³/mol. The molecule has 1 saturated heterocycles. The second-order valence-corrected chi connectivity index (χ2v) is 6.00. The molecule has 1 heterocycles. The fourth-order valence-electron chi connectivity index (χ4n) is 2.81. The topological polar surface area (TPSA) is 39.1 Å². The molecule has 0 amide bonds. The van der Waals surface area contributed by atoms with E-state index < -0.39 is 0 Å². The van der Waals surface area contributed by atoms with Crippen molar-refractivity contribution in [2.75, 3.05) is 30.8 Å². The van der Waals surface area contributed by atoms with Gasteiger partial charge in [0, 0.05) is 24.0 Å². The average Bonchev–Trinajstić information content (AvgIpc) is 2.52. The molecule has 0 aliphatic carbocycles. The van der Waals surface area contributed by atoms with Crippen molar-refractivity contribution in [3.63, 3.8) is 0 Å². The summed E-state index contributed by atoms with van der Waals surface area (Å²) in [5.41, 5.74) is 1.90. The smallest absolute Gasteiger partial charge is 0.103 e. The Bertz CT molecular complexity index is 475. The van der Waals surface area contributed by atoms with Crippen molar-refractivity contribution >= 4 is 17.4 Å². The molecule has 1 aromatic carbocycles. The molecule has 108 valence electrons. The number of piperidine rings is 1. The Kier molecular flexibility index (Phi) is 5.75. The third-order valence-electron chi connectivity index (χ3n) is 3.91. The van der Waals surface area contributed by atoms with Crippen molar-refractivity contribution in [2.24, 2.45) is 0 Å². The van der Waals surface area contributed by atoms with Crippen molar-refractivity contribution in [1.29, 1.82) is 5.26 Å². The zero-order valence-electron chi connectivity index (χ0n) is 12.4. The van der Waals surface area contributed by atoms with Crippen molar-refractivity contribution in [3.8, 4) is 6.07 Å². The summed E-state index contributed by atoms with van der Waals surface area (Å²) >= 11 is 1.64. The molecule has 0 aromatic heterocycles. The molecule has 1 unspecified atom stereocenters. The number of benzene rings is 1. The van der Waals surface area contributed by atoms with E-state index in [9.17, 15) is 5.26 Å². The van der Waals surface area contributed by atoms with Gasteiger partial charge in [0.25, 0.3) is 0 Å². The van der Waals surface area contributed by atoms with Gasteiger partial charge in [0.2, 0.25) is 0 Å². The molecule has 20 heavy (non-hydrogen) atoms. The Balaban J connectivity index is 2.20. The number of rotatable bonds is 5. The van der Waals surface area contributed by atoms with Crippen molar-refractivity contribution < 1.29 is 0 Å². The molecule has 1 fully saturated rings. The third-order valence-corrected chi connectivity index (χ3v) is 4.69. The van der Waals surface area contributed by atoms with Crippen molar-refractivity contribution in [2.45, 2.75) is 37.1 Å². The lowest BCUT2D eigenvalue weighted by Crippen LogP contribution is -2.44. The van der Waals surface area contributed by atoms with E-state index in [-0.39, 0.29) is 0 Å². The minimum Gasteiger partial charge on any atom is -0.369 e. The van der Waals surface area contributed by atoms with Crippen LogP contribution in [0.15, 0.2) is 23.1 Å². The van der Waals surface area contributed by atoms with Crippen LogP contribution in [0.4, 0.5) is 5.69 Å². The predicted octanol–water partition coefficient (Wildman–Crippen LogP) is 3.25. The van der Waals surface area contributed by atoms with E-state index in [1.165, 1.54) is 19.3 Å². The maximum Gasteiger partial charge on any atom is 0.103 e. The highest BCUT2D eigenvalue weighted by Gasteiger charge is 2.19. The van der Waals surface area contributed by atoms with Crippen molar-refractivity contribution in [1.82, 2.24) is 5.32 Å². The number of nitriles is 1. The van der Waals surface area contributed by atoms with Crippen LogP contribution in [0.3, 0.4) is 0 Å². The first-order valence-electron chi connectivity index (χ1n) is 7.35. The monoisotopic (exact) mass is 289 g/mol. The molecule has 1 aliphatic rings. The van der Waals surface area contributed by atoms with E-state index in [1.807, 2.05) is 12.3 Å². The SMILES string of the molecule is CCN(CC1CCCCN1)c1cccc(SC)c1C#N. The second kappa shape index (κ2) is 7.56. The van der Waals surface area contributed by atoms with E-state index in [2.05, 4.69) is 35.3 Å². The van der Waals surface area contributed by atoms with Gasteiger partial charge in [-0.2, -0.15) is 5.26 Å². The maximum absolute atomic E-state index is 9.48. The molecule has 1 aromatic rings. The lowest BCUT2D eigenvalue weighted by molar-refractivity contribution is 0.400. The van der Waals surface area contributed by atoms with Crippen LogP contribution in [0.5, 0.6) is 0 Å². The summed E-state index contributed by atoms with van der Waals surface area (Å²) in [6.07, 6.45) is 5.86. The Labute approximate surface area is 126 Å². The lowest BCUT2D eigenvalue weighted by atomic mass is 10.0. The van der Waals surface area contributed by atoms with E-state index in [0.29, 0.717) is 6.04 Å². The first-order chi connectivity index (χ1) is 9.80. The number of hydrogen-bond acceptors (Lipinski definition) is 4. The zero-order chi connectivity index (χ0) is 14.4. The number of likely N-dealkylation sites (N-methyl/N-ethyl adjacent to an activating group) is 1. The first-order valence-corrected chi connectivity index (χ1v) is 8.58. The van der Waals surface area contributed by atoms with Crippen LogP contribution < -0.4 is 10.2 Å². The van der Waals surface area contributed by atoms with E-state index in [4.69, 9.17) is 0 Å². The summed E-state index contributed by atoms with van der Waals surface area (Å²) in [5.74, 6) is 0. The summed E-state index contributed by atoms with van der Waals surface area (Å²) in [7, 11) is 0. The lowest BCUT2D eigenvalue weighted by Gasteiger charge is -2.32. The Morgan fingerprint density at radius 1 is 1.45 bits per heavy atom. The molecule has 0 spiro atoms. The highest BCUT2D eigenvalue weighted by atomic mass is 32.2. The Morgan fingerprint density at radius 3 is 2.90 bits per heavy atom. The van der Waals surface area contributed by atoms with Gasteiger partial charge in [-0.3, -0.25) is 0 Å². The van der Waals surface area contributed by atoms with Crippen LogP contribution in [-0.2, 0) is 0 Å². The number of thioether (sulfide) groups is 1. The molecular weight excluding hydrogens is 266 g/mol. The Morgan fingerprint density at radius 2 is 2.30 bits per heavy atom. The first kappa shape index (κ1) is 15.2. The molecule has 2 rings (SSSR count). The van der Waals surface area contributed by atoms with Crippen molar-refractivity contribution in [3.05, 3.63) is 23.8 Å². The Hall–Kier alpha value is -1.18. The van der Waals surface area contributed by atoms with E-state index in [0.717, 1.165) is 35.8 Å². The van der Waals surface area contributed by atoms with Crippen LogP contribution in [-0.4, -0.2) is 31.9 Å². The molecule has 0 bridgehead atoms. The minimum absolute atomic E-state index is 0.549. The van der Waals surface area contributed by atoms with Gasteiger partial charge in [-0.15, -0.1) is 11.8 Å². The summed E-state index contributed by atoms with van der Waals surface area (Å²) in [6.45, 7) is 5.21. The fraction of sp³-hybridized carbons (Fsp3) is 0.562. The van der Waals surface area contributed by atoms with Gasteiger partial charge in [0.05, 0.1) is 11.3 Å². The normalized spacial score (nSPS) is 18.6. The number of hydrogen-bond donors (Lipinski definition) is 1. The van der Waals surface area contributed by atoms with Gasteiger partial charge >= 0.3 is 0 Å². The van der Waals surface area contributed by atoms with Gasteiger partial charge in [-0.1, -0.05) is 12.5 Å². The van der Waals surface area contributed by atoms with Gasteiger partial charge in [0.15, 0.2) is 0 Å². The zero-order valence-corrected chi connectivity index (χ0v) is 13.2.